The molecule has 1 aromatic heterocycles. The number of thiophene rings is 1. The quantitative estimate of drug-likeness (QED) is 0.885. The highest BCUT2D eigenvalue weighted by atomic mass is 35.5. The Morgan fingerprint density at radius 2 is 1.94 bits per heavy atom. The zero-order valence-corrected chi connectivity index (χ0v) is 11.4. The molecular weight excluding hydrogens is 293 g/mol. The number of halogens is 2. The zero-order chi connectivity index (χ0) is 13.1. The summed E-state index contributed by atoms with van der Waals surface area (Å²) in [7, 11) is 0. The molecule has 1 atom stereocenters. The molecule has 1 heterocycles. The molecule has 6 heteroatoms. The van der Waals surface area contributed by atoms with Crippen molar-refractivity contribution in [3.05, 3.63) is 50.6 Å². The molecule has 0 aliphatic rings. The lowest BCUT2D eigenvalue weighted by atomic mass is 10.2. The van der Waals surface area contributed by atoms with E-state index in [9.17, 15) is 9.90 Å². The van der Waals surface area contributed by atoms with Gasteiger partial charge in [-0.15, -0.1) is 11.3 Å². The predicted molar refractivity (Wildman–Crippen MR) is 74.8 cm³/mol. The molecule has 0 spiro atoms. The Morgan fingerprint density at radius 3 is 2.44 bits per heavy atom. The first kappa shape index (κ1) is 13.2. The average Bonchev–Trinajstić information content (AvgIpc) is 2.77. The maximum atomic E-state index is 11.3. The van der Waals surface area contributed by atoms with E-state index in [0.717, 1.165) is 4.88 Å². The van der Waals surface area contributed by atoms with Crippen molar-refractivity contribution in [3.63, 3.8) is 0 Å². The van der Waals surface area contributed by atoms with Crippen molar-refractivity contribution in [2.75, 3.05) is 5.32 Å². The second kappa shape index (κ2) is 5.61. The molecule has 0 fully saturated rings. The fraction of sp³-hybridized carbons (Fsp3) is 0.0833. The van der Waals surface area contributed by atoms with Crippen LogP contribution in [0.25, 0.3) is 0 Å². The second-order valence-corrected chi connectivity index (χ2v) is 5.44. The van der Waals surface area contributed by atoms with Gasteiger partial charge in [0.25, 0.3) is 0 Å². The molecule has 0 aliphatic carbocycles. The number of hydrogen-bond acceptors (Lipinski definition) is 3. The monoisotopic (exact) mass is 301 g/mol. The van der Waals surface area contributed by atoms with Gasteiger partial charge < -0.3 is 10.4 Å². The van der Waals surface area contributed by atoms with Crippen LogP contribution in [0, 0.1) is 0 Å². The Bertz CT molecular complexity index is 537. The molecule has 0 saturated carbocycles. The van der Waals surface area contributed by atoms with Gasteiger partial charge in [-0.1, -0.05) is 29.3 Å². The Hall–Kier alpha value is -1.23. The van der Waals surface area contributed by atoms with Crippen LogP contribution in [0.5, 0.6) is 0 Å². The van der Waals surface area contributed by atoms with Gasteiger partial charge in [0.1, 0.15) is 0 Å². The Morgan fingerprint density at radius 1 is 1.28 bits per heavy atom. The standard InChI is InChI=1S/C12H9Cl2NO2S/c13-7-4-8(14)6-9(5-7)15-11(12(16)17)10-2-1-3-18-10/h1-6,11,15H,(H,16,17). The molecule has 1 unspecified atom stereocenters. The number of carboxylic acid groups (broad SMARTS) is 1. The Balaban J connectivity index is 2.27. The number of aliphatic carboxylic acids is 1. The normalized spacial score (nSPS) is 12.1. The van der Waals surface area contributed by atoms with Gasteiger partial charge in [0.15, 0.2) is 6.04 Å². The van der Waals surface area contributed by atoms with Gasteiger partial charge in [-0.25, -0.2) is 4.79 Å². The Kier molecular flexibility index (Phi) is 4.11. The molecule has 2 N–H and O–H groups in total. The predicted octanol–water partition coefficient (Wildman–Crippen LogP) is 4.29. The van der Waals surface area contributed by atoms with Crippen molar-refractivity contribution in [1.29, 1.82) is 0 Å². The first-order valence-corrected chi connectivity index (χ1v) is 6.68. The number of hydrogen-bond donors (Lipinski definition) is 2. The summed E-state index contributed by atoms with van der Waals surface area (Å²) in [6.07, 6.45) is 0. The van der Waals surface area contributed by atoms with Crippen LogP contribution in [-0.2, 0) is 4.79 Å². The van der Waals surface area contributed by atoms with Crippen molar-refractivity contribution >= 4 is 46.2 Å². The Labute approximate surface area is 118 Å². The largest absolute Gasteiger partial charge is 0.479 e. The number of benzene rings is 1. The lowest BCUT2D eigenvalue weighted by molar-refractivity contribution is -0.138. The van der Waals surface area contributed by atoms with Gasteiger partial charge in [-0.2, -0.15) is 0 Å². The van der Waals surface area contributed by atoms with Crippen LogP contribution in [-0.4, -0.2) is 11.1 Å². The molecule has 0 bridgehead atoms. The summed E-state index contributed by atoms with van der Waals surface area (Å²) in [6.45, 7) is 0. The third-order valence-corrected chi connectivity index (χ3v) is 3.62. The van der Waals surface area contributed by atoms with Crippen LogP contribution >= 0.6 is 34.5 Å². The van der Waals surface area contributed by atoms with Crippen molar-refractivity contribution in [3.8, 4) is 0 Å². The van der Waals surface area contributed by atoms with Crippen LogP contribution in [0.1, 0.15) is 10.9 Å². The van der Waals surface area contributed by atoms with E-state index in [4.69, 9.17) is 23.2 Å². The molecule has 0 radical (unpaired) electrons. The van der Waals surface area contributed by atoms with Crippen LogP contribution in [0.4, 0.5) is 5.69 Å². The van der Waals surface area contributed by atoms with Crippen molar-refractivity contribution < 1.29 is 9.90 Å². The third kappa shape index (κ3) is 3.16. The summed E-state index contributed by atoms with van der Waals surface area (Å²) >= 11 is 13.1. The second-order valence-electron chi connectivity index (χ2n) is 3.59. The molecule has 2 rings (SSSR count). The highest BCUT2D eigenvalue weighted by molar-refractivity contribution is 7.10. The molecule has 0 aliphatic heterocycles. The number of carboxylic acids is 1. The third-order valence-electron chi connectivity index (χ3n) is 2.25. The van der Waals surface area contributed by atoms with E-state index >= 15 is 0 Å². The molecule has 3 nitrogen and oxygen atoms in total. The molecule has 2 aromatic rings. The molecule has 1 aromatic carbocycles. The van der Waals surface area contributed by atoms with E-state index in [-0.39, 0.29) is 0 Å². The summed E-state index contributed by atoms with van der Waals surface area (Å²) in [5, 5.41) is 14.9. The number of carbonyl (C=O) groups is 1. The molecule has 94 valence electrons. The van der Waals surface area contributed by atoms with Crippen molar-refractivity contribution in [1.82, 2.24) is 0 Å². The zero-order valence-electron chi connectivity index (χ0n) is 9.06. The minimum absolute atomic E-state index is 0.459. The number of anilines is 1. The van der Waals surface area contributed by atoms with E-state index < -0.39 is 12.0 Å². The number of nitrogens with one attached hydrogen (secondary N) is 1. The van der Waals surface area contributed by atoms with Crippen molar-refractivity contribution in [2.24, 2.45) is 0 Å². The van der Waals surface area contributed by atoms with Gasteiger partial charge in [0.2, 0.25) is 0 Å². The van der Waals surface area contributed by atoms with E-state index in [1.54, 1.807) is 24.3 Å². The molecule has 0 amide bonds. The summed E-state index contributed by atoms with van der Waals surface area (Å²) in [5.74, 6) is -0.950. The first-order valence-electron chi connectivity index (χ1n) is 5.05. The topological polar surface area (TPSA) is 49.3 Å². The fourth-order valence-corrected chi connectivity index (χ4v) is 2.81. The van der Waals surface area contributed by atoms with E-state index in [0.29, 0.717) is 15.7 Å². The first-order chi connectivity index (χ1) is 8.56. The highest BCUT2D eigenvalue weighted by Crippen LogP contribution is 2.28. The lowest BCUT2D eigenvalue weighted by Crippen LogP contribution is -2.19. The molecular formula is C12H9Cl2NO2S. The van der Waals surface area contributed by atoms with Gasteiger partial charge in [-0.05, 0) is 29.6 Å². The van der Waals surface area contributed by atoms with Gasteiger partial charge in [-0.3, -0.25) is 0 Å². The van der Waals surface area contributed by atoms with Crippen LogP contribution in [0.3, 0.4) is 0 Å². The van der Waals surface area contributed by atoms with Crippen LogP contribution in [0.2, 0.25) is 10.0 Å². The van der Waals surface area contributed by atoms with Crippen molar-refractivity contribution in [2.45, 2.75) is 6.04 Å². The molecule has 0 saturated heterocycles. The number of rotatable bonds is 4. The summed E-state index contributed by atoms with van der Waals surface area (Å²) in [6, 6.07) is 7.63. The maximum Gasteiger partial charge on any atom is 0.331 e. The SMILES string of the molecule is O=C(O)C(Nc1cc(Cl)cc(Cl)c1)c1cccs1. The minimum atomic E-state index is -0.950. The van der Waals surface area contributed by atoms with E-state index in [1.165, 1.54) is 11.3 Å². The fourth-order valence-electron chi connectivity index (χ4n) is 1.51. The van der Waals surface area contributed by atoms with Gasteiger partial charge >= 0.3 is 5.97 Å². The van der Waals surface area contributed by atoms with E-state index in [1.807, 2.05) is 11.4 Å². The van der Waals surface area contributed by atoms with Gasteiger partial charge in [0, 0.05) is 20.6 Å². The van der Waals surface area contributed by atoms with Crippen LogP contribution in [0.15, 0.2) is 35.7 Å². The molecule has 18 heavy (non-hydrogen) atoms. The highest BCUT2D eigenvalue weighted by Gasteiger charge is 2.20. The summed E-state index contributed by atoms with van der Waals surface area (Å²) in [5.41, 5.74) is 0.577. The maximum absolute atomic E-state index is 11.3. The average molecular weight is 302 g/mol. The van der Waals surface area contributed by atoms with Gasteiger partial charge in [0.05, 0.1) is 0 Å². The summed E-state index contributed by atoms with van der Waals surface area (Å²) in [4.78, 5) is 12.0. The lowest BCUT2D eigenvalue weighted by Gasteiger charge is -2.14. The summed E-state index contributed by atoms with van der Waals surface area (Å²) < 4.78 is 0. The smallest absolute Gasteiger partial charge is 0.331 e. The van der Waals surface area contributed by atoms with Crippen LogP contribution < -0.4 is 5.32 Å². The minimum Gasteiger partial charge on any atom is -0.479 e. The van der Waals surface area contributed by atoms with E-state index in [2.05, 4.69) is 5.32 Å².